The Balaban J connectivity index is 2.95. The maximum absolute atomic E-state index is 12.9. The number of hydrogen-bond acceptors (Lipinski definition) is 3. The molecule has 0 atom stereocenters. The minimum Gasteiger partial charge on any atom is -0.323 e. The monoisotopic (exact) mass is 401 g/mol. The highest BCUT2D eigenvalue weighted by Gasteiger charge is 2.36. The summed E-state index contributed by atoms with van der Waals surface area (Å²) in [6.45, 7) is 1.32. The molecule has 0 bridgehead atoms. The number of rotatable bonds is 1. The number of alkyl halides is 3. The quantitative estimate of drug-likeness (QED) is 0.430. The Labute approximate surface area is 125 Å². The molecule has 2 aromatic rings. The van der Waals surface area contributed by atoms with Gasteiger partial charge in [0.15, 0.2) is 0 Å². The maximum Gasteiger partial charge on any atom is 0.433 e. The van der Waals surface area contributed by atoms with E-state index in [1.807, 2.05) is 22.6 Å². The second-order valence-electron chi connectivity index (χ2n) is 3.89. The summed E-state index contributed by atoms with van der Waals surface area (Å²) >= 11 is 7.80. The lowest BCUT2D eigenvalue weighted by molar-refractivity contribution is -0.141. The summed E-state index contributed by atoms with van der Waals surface area (Å²) in [5.41, 5.74) is 1.69. The van der Waals surface area contributed by atoms with Crippen molar-refractivity contribution in [1.82, 2.24) is 4.98 Å². The standard InChI is InChI=1S/C11H8ClF3IN3/c1-4-8(19-17)6-2-5(12)3-7(16)9(6)18-10(4)11(13,14)15/h2-3H,17H2,1H3,(H,18,19). The Morgan fingerprint density at radius 3 is 2.53 bits per heavy atom. The van der Waals surface area contributed by atoms with Gasteiger partial charge >= 0.3 is 6.18 Å². The van der Waals surface area contributed by atoms with E-state index in [0.717, 1.165) is 0 Å². The molecule has 8 heteroatoms. The SMILES string of the molecule is Cc1c(C(F)(F)F)nc2c(I)cc(Cl)cc2c1NN. The molecule has 19 heavy (non-hydrogen) atoms. The van der Waals surface area contributed by atoms with Crippen molar-refractivity contribution in [2.45, 2.75) is 13.1 Å². The molecule has 0 saturated carbocycles. The molecule has 1 aromatic heterocycles. The van der Waals surface area contributed by atoms with Gasteiger partial charge in [-0.3, -0.25) is 5.84 Å². The van der Waals surface area contributed by atoms with Gasteiger partial charge in [-0.1, -0.05) is 11.6 Å². The predicted molar refractivity (Wildman–Crippen MR) is 77.0 cm³/mol. The molecule has 3 nitrogen and oxygen atoms in total. The summed E-state index contributed by atoms with van der Waals surface area (Å²) in [4.78, 5) is 3.71. The van der Waals surface area contributed by atoms with Gasteiger partial charge in [0.1, 0.15) is 5.69 Å². The van der Waals surface area contributed by atoms with Gasteiger partial charge < -0.3 is 5.43 Å². The summed E-state index contributed by atoms with van der Waals surface area (Å²) < 4.78 is 39.4. The fourth-order valence-corrected chi connectivity index (χ4v) is 3.00. The fourth-order valence-electron chi connectivity index (χ4n) is 1.85. The highest BCUT2D eigenvalue weighted by molar-refractivity contribution is 14.1. The van der Waals surface area contributed by atoms with Crippen LogP contribution in [0.5, 0.6) is 0 Å². The fraction of sp³-hybridized carbons (Fsp3) is 0.182. The molecule has 102 valence electrons. The second-order valence-corrected chi connectivity index (χ2v) is 5.48. The lowest BCUT2D eigenvalue weighted by Crippen LogP contribution is -2.16. The third-order valence-corrected chi connectivity index (χ3v) is 3.70. The van der Waals surface area contributed by atoms with Crippen molar-refractivity contribution in [3.63, 3.8) is 0 Å². The molecular formula is C11H8ClF3IN3. The van der Waals surface area contributed by atoms with Crippen LogP contribution in [0.25, 0.3) is 10.9 Å². The van der Waals surface area contributed by atoms with Crippen LogP contribution in [-0.4, -0.2) is 4.98 Å². The Bertz CT molecular complexity index is 658. The summed E-state index contributed by atoms with van der Waals surface area (Å²) in [7, 11) is 0. The van der Waals surface area contributed by atoms with Crippen LogP contribution in [0.3, 0.4) is 0 Å². The number of hydrogen-bond donors (Lipinski definition) is 2. The van der Waals surface area contributed by atoms with Gasteiger partial charge in [0, 0.05) is 19.5 Å². The average Bonchev–Trinajstić information content (AvgIpc) is 2.26. The molecule has 1 aromatic carbocycles. The molecule has 0 fully saturated rings. The number of nitrogens with two attached hydrogens (primary N) is 1. The third-order valence-electron chi connectivity index (χ3n) is 2.66. The first-order valence-electron chi connectivity index (χ1n) is 5.09. The molecule has 0 spiro atoms. The zero-order chi connectivity index (χ0) is 14.4. The van der Waals surface area contributed by atoms with Crippen molar-refractivity contribution in [2.75, 3.05) is 5.43 Å². The van der Waals surface area contributed by atoms with E-state index >= 15 is 0 Å². The number of nitrogen functional groups attached to an aromatic ring is 1. The van der Waals surface area contributed by atoms with Crippen LogP contribution >= 0.6 is 34.2 Å². The van der Waals surface area contributed by atoms with E-state index < -0.39 is 11.9 Å². The number of pyridine rings is 1. The average molecular weight is 402 g/mol. The lowest BCUT2D eigenvalue weighted by Gasteiger charge is -2.16. The van der Waals surface area contributed by atoms with Gasteiger partial charge in [-0.25, -0.2) is 4.98 Å². The normalized spacial score (nSPS) is 11.9. The summed E-state index contributed by atoms with van der Waals surface area (Å²) in [6, 6.07) is 3.08. The highest BCUT2D eigenvalue weighted by atomic mass is 127. The third kappa shape index (κ3) is 2.59. The van der Waals surface area contributed by atoms with Crippen LogP contribution in [0, 0.1) is 10.5 Å². The minimum atomic E-state index is -4.54. The first kappa shape index (κ1) is 14.6. The number of fused-ring (bicyclic) bond motifs is 1. The Kier molecular flexibility index (Phi) is 3.80. The van der Waals surface area contributed by atoms with Gasteiger partial charge in [-0.15, -0.1) is 0 Å². The molecule has 0 aliphatic rings. The molecule has 1 heterocycles. The first-order valence-corrected chi connectivity index (χ1v) is 6.54. The number of nitrogens with one attached hydrogen (secondary N) is 1. The number of anilines is 1. The molecule has 0 unspecified atom stereocenters. The number of halogens is 5. The summed E-state index contributed by atoms with van der Waals surface area (Å²) in [6.07, 6.45) is -4.54. The lowest BCUT2D eigenvalue weighted by atomic mass is 10.1. The van der Waals surface area contributed by atoms with Crippen molar-refractivity contribution in [3.05, 3.63) is 32.0 Å². The Morgan fingerprint density at radius 2 is 2.00 bits per heavy atom. The topological polar surface area (TPSA) is 50.9 Å². The number of aromatic nitrogens is 1. The van der Waals surface area contributed by atoms with E-state index in [1.54, 1.807) is 6.07 Å². The van der Waals surface area contributed by atoms with E-state index in [4.69, 9.17) is 17.4 Å². The van der Waals surface area contributed by atoms with Crippen molar-refractivity contribution < 1.29 is 13.2 Å². The zero-order valence-corrected chi connectivity index (χ0v) is 12.5. The number of hydrazine groups is 1. The molecule has 2 rings (SSSR count). The highest BCUT2D eigenvalue weighted by Crippen LogP contribution is 2.38. The predicted octanol–water partition coefficient (Wildman–Crippen LogP) is 4.11. The molecule has 0 aliphatic carbocycles. The molecular weight excluding hydrogens is 393 g/mol. The van der Waals surface area contributed by atoms with Gasteiger partial charge in [0.2, 0.25) is 0 Å². The van der Waals surface area contributed by atoms with Crippen molar-refractivity contribution in [1.29, 1.82) is 0 Å². The van der Waals surface area contributed by atoms with E-state index in [9.17, 15) is 13.2 Å². The van der Waals surface area contributed by atoms with Gasteiger partial charge in [0.25, 0.3) is 0 Å². The summed E-state index contributed by atoms with van der Waals surface area (Å²) in [5.74, 6) is 5.34. The Morgan fingerprint density at radius 1 is 1.37 bits per heavy atom. The van der Waals surface area contributed by atoms with E-state index in [2.05, 4.69) is 10.4 Å². The minimum absolute atomic E-state index is 0.0550. The smallest absolute Gasteiger partial charge is 0.323 e. The summed E-state index contributed by atoms with van der Waals surface area (Å²) in [5, 5.41) is 0.874. The van der Waals surface area contributed by atoms with Crippen LogP contribution in [-0.2, 0) is 6.18 Å². The van der Waals surface area contributed by atoms with Crippen molar-refractivity contribution >= 4 is 50.8 Å². The van der Waals surface area contributed by atoms with Crippen LogP contribution in [0.4, 0.5) is 18.9 Å². The molecule has 3 N–H and O–H groups in total. The van der Waals surface area contributed by atoms with E-state index in [1.165, 1.54) is 13.0 Å². The van der Waals surface area contributed by atoms with Gasteiger partial charge in [0.05, 0.1) is 11.2 Å². The Hall–Kier alpha value is -0.800. The zero-order valence-electron chi connectivity index (χ0n) is 9.57. The molecule has 0 aliphatic heterocycles. The van der Waals surface area contributed by atoms with Gasteiger partial charge in [-0.05, 0) is 41.6 Å². The largest absolute Gasteiger partial charge is 0.433 e. The van der Waals surface area contributed by atoms with E-state index in [0.29, 0.717) is 14.0 Å². The van der Waals surface area contributed by atoms with Crippen LogP contribution in [0.2, 0.25) is 5.02 Å². The van der Waals surface area contributed by atoms with Crippen molar-refractivity contribution in [3.8, 4) is 0 Å². The van der Waals surface area contributed by atoms with Crippen LogP contribution in [0.1, 0.15) is 11.3 Å². The van der Waals surface area contributed by atoms with Crippen LogP contribution in [0.15, 0.2) is 12.1 Å². The van der Waals surface area contributed by atoms with E-state index in [-0.39, 0.29) is 16.8 Å². The number of benzene rings is 1. The van der Waals surface area contributed by atoms with Gasteiger partial charge in [-0.2, -0.15) is 13.2 Å². The van der Waals surface area contributed by atoms with Crippen LogP contribution < -0.4 is 11.3 Å². The number of nitrogens with zero attached hydrogens (tertiary/aromatic N) is 1. The molecule has 0 amide bonds. The maximum atomic E-state index is 12.9. The second kappa shape index (κ2) is 4.95. The molecule has 0 saturated heterocycles. The first-order chi connectivity index (χ1) is 8.75. The van der Waals surface area contributed by atoms with Crippen molar-refractivity contribution in [2.24, 2.45) is 5.84 Å². The molecule has 0 radical (unpaired) electrons.